The number of imidazole rings is 1. The number of aliphatic hydroxyl groups is 1. The number of aryl methyl sites for hydroxylation is 3. The molecule has 6 nitrogen and oxygen atoms in total. The fourth-order valence-electron chi connectivity index (χ4n) is 3.75. The number of hydrogen-bond donors (Lipinski definition) is 1. The third-order valence-corrected chi connectivity index (χ3v) is 5.71. The fourth-order valence-corrected chi connectivity index (χ4v) is 3.75. The van der Waals surface area contributed by atoms with Gasteiger partial charge in [0.2, 0.25) is 5.89 Å². The van der Waals surface area contributed by atoms with Gasteiger partial charge in [-0.3, -0.25) is 0 Å². The van der Waals surface area contributed by atoms with Gasteiger partial charge in [-0.1, -0.05) is 18.2 Å². The first-order chi connectivity index (χ1) is 17.3. The van der Waals surface area contributed by atoms with E-state index in [2.05, 4.69) is 9.97 Å². The average molecular weight is 498 g/mol. The molecule has 0 aliphatic carbocycles. The normalized spacial score (nSPS) is 11.9. The molecule has 4 aromatic rings. The predicted octanol–water partition coefficient (Wildman–Crippen LogP) is 6.07. The average Bonchev–Trinajstić information content (AvgIpc) is 3.51. The minimum absolute atomic E-state index is 0.0689. The first-order valence-corrected chi connectivity index (χ1v) is 11.4. The topological polar surface area (TPSA) is 73.3 Å². The molecule has 0 spiro atoms. The maximum atomic E-state index is 12.7. The molecule has 2 heterocycles. The van der Waals surface area contributed by atoms with Crippen LogP contribution < -0.4 is 4.74 Å². The first kappa shape index (κ1) is 25.2. The number of hydrogen-bond acceptors (Lipinski definition) is 5. The summed E-state index contributed by atoms with van der Waals surface area (Å²) in [6, 6.07) is 10.8. The van der Waals surface area contributed by atoms with Gasteiger partial charge in [-0.15, -0.1) is 0 Å². The summed E-state index contributed by atoms with van der Waals surface area (Å²) in [6.45, 7) is 2.98. The van der Waals surface area contributed by atoms with Crippen molar-refractivity contribution >= 4 is 12.2 Å². The molecule has 0 aliphatic heterocycles. The Labute approximate surface area is 206 Å². The Hall–Kier alpha value is -3.85. The van der Waals surface area contributed by atoms with E-state index in [-0.39, 0.29) is 13.2 Å². The lowest BCUT2D eigenvalue weighted by molar-refractivity contribution is -0.137. The van der Waals surface area contributed by atoms with Gasteiger partial charge in [-0.2, -0.15) is 13.2 Å². The molecule has 2 aromatic heterocycles. The molecule has 0 saturated carbocycles. The maximum Gasteiger partial charge on any atom is 0.416 e. The smallest absolute Gasteiger partial charge is 0.416 e. The first-order valence-electron chi connectivity index (χ1n) is 11.4. The van der Waals surface area contributed by atoms with Crippen molar-refractivity contribution in [3.8, 4) is 5.75 Å². The van der Waals surface area contributed by atoms with Crippen molar-refractivity contribution in [2.45, 2.75) is 45.7 Å². The summed E-state index contributed by atoms with van der Waals surface area (Å²) in [4.78, 5) is 8.45. The van der Waals surface area contributed by atoms with Crippen molar-refractivity contribution in [1.29, 1.82) is 0 Å². The zero-order chi connectivity index (χ0) is 25.5. The molecule has 0 bridgehead atoms. The van der Waals surface area contributed by atoms with E-state index in [1.54, 1.807) is 18.3 Å². The van der Waals surface area contributed by atoms with Crippen molar-refractivity contribution in [2.75, 3.05) is 0 Å². The van der Waals surface area contributed by atoms with Gasteiger partial charge in [0.15, 0.2) is 0 Å². The quantitative estimate of drug-likeness (QED) is 0.288. The lowest BCUT2D eigenvalue weighted by Crippen LogP contribution is -2.04. The summed E-state index contributed by atoms with van der Waals surface area (Å²) in [5.41, 5.74) is 2.87. The van der Waals surface area contributed by atoms with Gasteiger partial charge in [-0.05, 0) is 66.8 Å². The number of alkyl halides is 3. The Morgan fingerprint density at radius 3 is 2.64 bits per heavy atom. The van der Waals surface area contributed by atoms with Gasteiger partial charge >= 0.3 is 6.18 Å². The molecule has 1 N–H and O–H groups in total. The summed E-state index contributed by atoms with van der Waals surface area (Å²) in [5, 5.41) is 9.29. The fraction of sp³-hybridized carbons (Fsp3) is 0.259. The van der Waals surface area contributed by atoms with Gasteiger partial charge < -0.3 is 18.8 Å². The molecule has 188 valence electrons. The summed E-state index contributed by atoms with van der Waals surface area (Å²) >= 11 is 0. The van der Waals surface area contributed by atoms with Gasteiger partial charge in [0.05, 0.1) is 5.56 Å². The summed E-state index contributed by atoms with van der Waals surface area (Å²) < 4.78 is 51.2. The summed E-state index contributed by atoms with van der Waals surface area (Å²) in [7, 11) is 0. The summed E-state index contributed by atoms with van der Waals surface area (Å²) in [5.74, 6) is 1.72. The Bertz CT molecular complexity index is 1310. The van der Waals surface area contributed by atoms with E-state index in [4.69, 9.17) is 9.15 Å². The molecule has 0 aliphatic rings. The second-order valence-corrected chi connectivity index (χ2v) is 8.31. The highest BCUT2D eigenvalue weighted by Crippen LogP contribution is 2.29. The Morgan fingerprint density at radius 1 is 1.11 bits per heavy atom. The third kappa shape index (κ3) is 6.63. The summed E-state index contributed by atoms with van der Waals surface area (Å²) in [6.07, 6.45) is 5.74. The number of rotatable bonds is 10. The van der Waals surface area contributed by atoms with Crippen LogP contribution in [0.3, 0.4) is 0 Å². The maximum absolute atomic E-state index is 12.7. The number of oxazole rings is 1. The largest absolute Gasteiger partial charge is 0.487 e. The zero-order valence-electron chi connectivity index (χ0n) is 19.7. The van der Waals surface area contributed by atoms with Gasteiger partial charge in [-0.25, -0.2) is 9.97 Å². The number of aromatic nitrogens is 3. The number of halogens is 3. The van der Waals surface area contributed by atoms with Crippen LogP contribution in [0.1, 0.15) is 46.1 Å². The van der Waals surface area contributed by atoms with E-state index in [0.29, 0.717) is 23.0 Å². The van der Waals surface area contributed by atoms with Crippen LogP contribution in [0.25, 0.3) is 12.2 Å². The molecule has 4 rings (SSSR count). The monoisotopic (exact) mass is 497 g/mol. The van der Waals surface area contributed by atoms with E-state index >= 15 is 0 Å². The molecule has 36 heavy (non-hydrogen) atoms. The van der Waals surface area contributed by atoms with Crippen LogP contribution in [0.15, 0.2) is 65.5 Å². The highest BCUT2D eigenvalue weighted by molar-refractivity contribution is 5.66. The van der Waals surface area contributed by atoms with E-state index in [1.165, 1.54) is 24.0 Å². The van der Waals surface area contributed by atoms with Crippen LogP contribution in [-0.2, 0) is 32.4 Å². The highest BCUT2D eigenvalue weighted by atomic mass is 19.4. The van der Waals surface area contributed by atoms with Crippen LogP contribution in [0.2, 0.25) is 0 Å². The van der Waals surface area contributed by atoms with Crippen LogP contribution in [0, 0.1) is 6.92 Å². The van der Waals surface area contributed by atoms with Crippen molar-refractivity contribution in [2.24, 2.45) is 0 Å². The standard InChI is InChI=1S/C27H26F3N3O3/c1-19-15-24(10-7-21(19)3-2-13-33-14-12-31-25(33)16-34)35-17-23-18-36-26(32-23)11-6-20-4-8-22(9-5-20)27(28,29)30/h4-12,14-15,18,34H,2-3,13,16-17H2,1H3/b11-6+. The van der Waals surface area contributed by atoms with Crippen LogP contribution in [0.4, 0.5) is 13.2 Å². The van der Waals surface area contributed by atoms with Crippen molar-refractivity contribution < 1.29 is 27.4 Å². The minimum Gasteiger partial charge on any atom is -0.487 e. The molecule has 0 fully saturated rings. The lowest BCUT2D eigenvalue weighted by atomic mass is 10.0. The Kier molecular flexibility index (Phi) is 7.90. The Morgan fingerprint density at radius 2 is 1.92 bits per heavy atom. The number of benzene rings is 2. The molecule has 0 radical (unpaired) electrons. The molecule has 0 saturated heterocycles. The third-order valence-electron chi connectivity index (χ3n) is 5.71. The molecule has 0 atom stereocenters. The van der Waals surface area contributed by atoms with E-state index < -0.39 is 11.7 Å². The van der Waals surface area contributed by atoms with Gasteiger partial charge in [0.25, 0.3) is 0 Å². The number of aliphatic hydroxyl groups excluding tert-OH is 1. The van der Waals surface area contributed by atoms with Crippen LogP contribution in [0.5, 0.6) is 5.75 Å². The molecular formula is C27H26F3N3O3. The zero-order valence-corrected chi connectivity index (χ0v) is 19.7. The molecule has 0 unspecified atom stereocenters. The molecule has 9 heteroatoms. The molecular weight excluding hydrogens is 471 g/mol. The van der Waals surface area contributed by atoms with Crippen molar-refractivity contribution in [3.63, 3.8) is 0 Å². The molecule has 0 amide bonds. The number of nitrogens with zero attached hydrogens (tertiary/aromatic N) is 3. The van der Waals surface area contributed by atoms with Crippen LogP contribution >= 0.6 is 0 Å². The SMILES string of the molecule is Cc1cc(OCc2coc(/C=C/c3ccc(C(F)(F)F)cc3)n2)ccc1CCCn1ccnc1CO. The van der Waals surface area contributed by atoms with E-state index in [0.717, 1.165) is 42.8 Å². The molecule has 2 aromatic carbocycles. The predicted molar refractivity (Wildman–Crippen MR) is 129 cm³/mol. The second-order valence-electron chi connectivity index (χ2n) is 8.31. The lowest BCUT2D eigenvalue weighted by Gasteiger charge is -2.10. The van der Waals surface area contributed by atoms with E-state index in [9.17, 15) is 18.3 Å². The second kappa shape index (κ2) is 11.3. The minimum atomic E-state index is -4.36. The van der Waals surface area contributed by atoms with Crippen molar-refractivity contribution in [1.82, 2.24) is 14.5 Å². The van der Waals surface area contributed by atoms with Crippen molar-refractivity contribution in [3.05, 3.63) is 101 Å². The Balaban J connectivity index is 1.27. The highest BCUT2D eigenvalue weighted by Gasteiger charge is 2.29. The van der Waals surface area contributed by atoms with E-state index in [1.807, 2.05) is 35.9 Å². The number of ether oxygens (including phenoxy) is 1. The van der Waals surface area contributed by atoms with Gasteiger partial charge in [0, 0.05) is 25.0 Å². The van der Waals surface area contributed by atoms with Crippen LogP contribution in [-0.4, -0.2) is 19.6 Å². The van der Waals surface area contributed by atoms with Gasteiger partial charge in [0.1, 0.15) is 36.7 Å².